The molecule has 9 nitrogen and oxygen atoms in total. The summed E-state index contributed by atoms with van der Waals surface area (Å²) in [5, 5.41) is 17.0. The fourth-order valence-electron chi connectivity index (χ4n) is 5.94. The lowest BCUT2D eigenvalue weighted by Gasteiger charge is -2.45. The van der Waals surface area contributed by atoms with Crippen LogP contribution >= 0.6 is 12.2 Å². The van der Waals surface area contributed by atoms with Crippen LogP contribution in [-0.2, 0) is 22.4 Å². The van der Waals surface area contributed by atoms with Crippen LogP contribution in [0.25, 0.3) is 0 Å². The van der Waals surface area contributed by atoms with E-state index in [1.807, 2.05) is 35.4 Å². The van der Waals surface area contributed by atoms with E-state index in [1.165, 1.54) is 6.42 Å². The van der Waals surface area contributed by atoms with Gasteiger partial charge in [0.25, 0.3) is 0 Å². The molecule has 38 heavy (non-hydrogen) atoms. The van der Waals surface area contributed by atoms with E-state index in [0.717, 1.165) is 42.7 Å². The lowest BCUT2D eigenvalue weighted by Crippen LogP contribution is -2.56. The molecule has 1 saturated carbocycles. The molecule has 2 aromatic rings. The lowest BCUT2D eigenvalue weighted by atomic mass is 9.64. The first-order chi connectivity index (χ1) is 18.4. The molecule has 1 aromatic heterocycles. The Bertz CT molecular complexity index is 1060. The molecule has 1 saturated heterocycles. The van der Waals surface area contributed by atoms with Crippen LogP contribution in [0.5, 0.6) is 5.75 Å². The average molecular weight is 542 g/mol. The van der Waals surface area contributed by atoms with Gasteiger partial charge in [-0.05, 0) is 61.5 Å². The Balaban J connectivity index is 1.41. The number of aromatic nitrogens is 2. The van der Waals surface area contributed by atoms with Gasteiger partial charge >= 0.3 is 5.97 Å². The maximum atomic E-state index is 13.8. The van der Waals surface area contributed by atoms with Crippen LogP contribution in [0.15, 0.2) is 36.8 Å². The van der Waals surface area contributed by atoms with Gasteiger partial charge in [-0.25, -0.2) is 4.98 Å². The predicted octanol–water partition coefficient (Wildman–Crippen LogP) is 3.31. The van der Waals surface area contributed by atoms with Crippen molar-refractivity contribution in [2.24, 2.45) is 11.3 Å². The van der Waals surface area contributed by atoms with Crippen LogP contribution in [0, 0.1) is 11.3 Å². The molecule has 0 bridgehead atoms. The Hall–Kier alpha value is -3.14. The highest BCUT2D eigenvalue weighted by Crippen LogP contribution is 2.46. The molecule has 206 valence electrons. The summed E-state index contributed by atoms with van der Waals surface area (Å²) in [6, 6.07) is 7.08. The second kappa shape index (κ2) is 13.1. The van der Waals surface area contributed by atoms with Gasteiger partial charge in [0.05, 0.1) is 24.5 Å². The van der Waals surface area contributed by atoms with Crippen molar-refractivity contribution in [3.8, 4) is 5.75 Å². The summed E-state index contributed by atoms with van der Waals surface area (Å²) < 4.78 is 5.27. The molecule has 1 amide bonds. The third-order valence-corrected chi connectivity index (χ3v) is 8.47. The summed E-state index contributed by atoms with van der Waals surface area (Å²) in [4.78, 5) is 35.2. The SMILES string of the molecule is COc1ccc(CC(NC(=S)NCCc2c[nH]cn2)C(=O)N2CCC(C(=O)O)(C3CCCCC3)CC2)cc1. The van der Waals surface area contributed by atoms with Crippen molar-refractivity contribution >= 4 is 29.2 Å². The van der Waals surface area contributed by atoms with E-state index in [4.69, 9.17) is 17.0 Å². The van der Waals surface area contributed by atoms with E-state index in [-0.39, 0.29) is 11.8 Å². The van der Waals surface area contributed by atoms with Crippen molar-refractivity contribution in [3.63, 3.8) is 0 Å². The number of imidazole rings is 1. The predicted molar refractivity (Wildman–Crippen MR) is 149 cm³/mol. The number of aliphatic carboxylic acids is 1. The van der Waals surface area contributed by atoms with Crippen LogP contribution in [-0.4, -0.2) is 69.7 Å². The number of H-pyrrole nitrogens is 1. The zero-order valence-corrected chi connectivity index (χ0v) is 22.9. The summed E-state index contributed by atoms with van der Waals surface area (Å²) in [6.45, 7) is 1.48. The Morgan fingerprint density at radius 3 is 2.53 bits per heavy atom. The molecule has 0 spiro atoms. The van der Waals surface area contributed by atoms with Gasteiger partial charge in [0.2, 0.25) is 5.91 Å². The number of carboxylic acid groups (broad SMARTS) is 1. The average Bonchev–Trinajstić information content (AvgIpc) is 3.47. The molecule has 10 heteroatoms. The lowest BCUT2D eigenvalue weighted by molar-refractivity contribution is -0.160. The Labute approximate surface area is 229 Å². The smallest absolute Gasteiger partial charge is 0.310 e. The Morgan fingerprint density at radius 2 is 1.92 bits per heavy atom. The maximum absolute atomic E-state index is 13.8. The van der Waals surface area contributed by atoms with Crippen molar-refractivity contribution in [1.82, 2.24) is 25.5 Å². The minimum atomic E-state index is -0.723. The summed E-state index contributed by atoms with van der Waals surface area (Å²) in [7, 11) is 1.62. The fourth-order valence-corrected chi connectivity index (χ4v) is 6.18. The number of likely N-dealkylation sites (tertiary alicyclic amines) is 1. The second-order valence-electron chi connectivity index (χ2n) is 10.4. The number of aromatic amines is 1. The van der Waals surface area contributed by atoms with Crippen molar-refractivity contribution in [2.45, 2.75) is 63.8 Å². The van der Waals surface area contributed by atoms with Gasteiger partial charge in [0.15, 0.2) is 5.11 Å². The number of nitrogens with one attached hydrogen (secondary N) is 3. The number of hydrogen-bond acceptors (Lipinski definition) is 5. The van der Waals surface area contributed by atoms with Crippen molar-refractivity contribution in [2.75, 3.05) is 26.7 Å². The first kappa shape index (κ1) is 27.9. The topological polar surface area (TPSA) is 120 Å². The number of carbonyl (C=O) groups is 2. The minimum Gasteiger partial charge on any atom is -0.497 e. The van der Waals surface area contributed by atoms with E-state index in [2.05, 4.69) is 20.6 Å². The van der Waals surface area contributed by atoms with E-state index in [0.29, 0.717) is 50.4 Å². The van der Waals surface area contributed by atoms with Crippen LogP contribution in [0.1, 0.15) is 56.2 Å². The van der Waals surface area contributed by atoms with Crippen LogP contribution in [0.3, 0.4) is 0 Å². The number of carboxylic acids is 1. The van der Waals surface area contributed by atoms with E-state index >= 15 is 0 Å². The minimum absolute atomic E-state index is 0.0556. The van der Waals surface area contributed by atoms with Gasteiger partial charge < -0.3 is 30.4 Å². The summed E-state index contributed by atoms with van der Waals surface area (Å²) in [5.74, 6) is 0.195. The highest BCUT2D eigenvalue weighted by atomic mass is 32.1. The van der Waals surface area contributed by atoms with Gasteiger partial charge in [0, 0.05) is 38.7 Å². The summed E-state index contributed by atoms with van der Waals surface area (Å²) in [5.41, 5.74) is 1.19. The number of ether oxygens (including phenoxy) is 1. The molecule has 2 fully saturated rings. The van der Waals surface area contributed by atoms with E-state index < -0.39 is 17.4 Å². The standard InChI is InChI=1S/C28H39N5O4S/c1-37-23-9-7-20(8-10-23)17-24(32-27(38)30-14-11-22-18-29-19-31-22)25(34)33-15-12-28(13-16-33,26(35)36)21-5-3-2-4-6-21/h7-10,18-19,21,24H,2-6,11-17H2,1H3,(H,29,31)(H,35,36)(H2,30,32,38). The first-order valence-corrected chi connectivity index (χ1v) is 14.0. The van der Waals surface area contributed by atoms with Crippen molar-refractivity contribution in [3.05, 3.63) is 48.0 Å². The number of carbonyl (C=O) groups excluding carboxylic acids is 1. The van der Waals surface area contributed by atoms with Gasteiger partial charge in [-0.1, -0.05) is 31.4 Å². The van der Waals surface area contributed by atoms with Gasteiger partial charge in [-0.15, -0.1) is 0 Å². The second-order valence-corrected chi connectivity index (χ2v) is 10.8. The monoisotopic (exact) mass is 541 g/mol. The number of benzene rings is 1. The van der Waals surface area contributed by atoms with Gasteiger partial charge in [0.1, 0.15) is 11.8 Å². The van der Waals surface area contributed by atoms with Crippen LogP contribution in [0.4, 0.5) is 0 Å². The molecular weight excluding hydrogens is 502 g/mol. The first-order valence-electron chi connectivity index (χ1n) is 13.6. The molecule has 1 aliphatic carbocycles. The highest BCUT2D eigenvalue weighted by Gasteiger charge is 2.48. The number of amides is 1. The molecule has 1 aliphatic heterocycles. The summed E-state index contributed by atoms with van der Waals surface area (Å²) >= 11 is 5.54. The summed E-state index contributed by atoms with van der Waals surface area (Å²) in [6.07, 6.45) is 11.0. The molecule has 2 aliphatic rings. The molecular formula is C28H39N5O4S. The van der Waals surface area contributed by atoms with Crippen molar-refractivity contribution < 1.29 is 19.4 Å². The van der Waals surface area contributed by atoms with Gasteiger partial charge in [-0.3, -0.25) is 9.59 Å². The number of nitrogens with zero attached hydrogens (tertiary/aromatic N) is 2. The maximum Gasteiger partial charge on any atom is 0.310 e. The third-order valence-electron chi connectivity index (χ3n) is 8.20. The molecule has 1 unspecified atom stereocenters. The number of methoxy groups -OCH3 is 1. The fraction of sp³-hybridized carbons (Fsp3) is 0.571. The zero-order chi connectivity index (χ0) is 27.0. The molecule has 4 N–H and O–H groups in total. The van der Waals surface area contributed by atoms with E-state index in [9.17, 15) is 14.7 Å². The van der Waals surface area contributed by atoms with Crippen LogP contribution in [0.2, 0.25) is 0 Å². The molecule has 1 aromatic carbocycles. The molecule has 1 atom stereocenters. The molecule has 2 heterocycles. The number of rotatable bonds is 10. The largest absolute Gasteiger partial charge is 0.497 e. The normalized spacial score (nSPS) is 18.4. The zero-order valence-electron chi connectivity index (χ0n) is 22.1. The quantitative estimate of drug-likeness (QED) is 0.338. The third kappa shape index (κ3) is 6.83. The Kier molecular flexibility index (Phi) is 9.60. The Morgan fingerprint density at radius 1 is 1.21 bits per heavy atom. The number of hydrogen-bond donors (Lipinski definition) is 4. The molecule has 4 rings (SSSR count). The highest BCUT2D eigenvalue weighted by molar-refractivity contribution is 7.80. The van der Waals surface area contributed by atoms with Crippen LogP contribution < -0.4 is 15.4 Å². The number of thiocarbonyl (C=S) groups is 1. The van der Waals surface area contributed by atoms with Gasteiger partial charge in [-0.2, -0.15) is 0 Å². The van der Waals surface area contributed by atoms with Crippen molar-refractivity contribution in [1.29, 1.82) is 0 Å². The molecule has 0 radical (unpaired) electrons. The number of piperidine rings is 1. The van der Waals surface area contributed by atoms with E-state index in [1.54, 1.807) is 13.4 Å².